The smallest absolute Gasteiger partial charge is 0.161 e. The molecular weight excluding hydrogens is 340 g/mol. The largest absolute Gasteiger partial charge is 0.493 e. The van der Waals surface area contributed by atoms with Gasteiger partial charge in [-0.3, -0.25) is 0 Å². The van der Waals surface area contributed by atoms with Crippen LogP contribution in [-0.2, 0) is 13.0 Å². The molecule has 2 aromatic rings. The Kier molecular flexibility index (Phi) is 5.73. The highest BCUT2D eigenvalue weighted by molar-refractivity contribution is 5.54. The zero-order valence-corrected chi connectivity index (χ0v) is 17.2. The highest BCUT2D eigenvalue weighted by Gasteiger charge is 2.22. The number of nitrogens with one attached hydrogen (secondary N) is 1. The van der Waals surface area contributed by atoms with Crippen molar-refractivity contribution in [2.45, 2.75) is 52.6 Å². The maximum absolute atomic E-state index is 5.48. The molecule has 6 heteroatoms. The van der Waals surface area contributed by atoms with E-state index in [0.717, 1.165) is 48.5 Å². The Labute approximate surface area is 161 Å². The quantitative estimate of drug-likeness (QED) is 0.829. The van der Waals surface area contributed by atoms with Crippen LogP contribution < -0.4 is 19.7 Å². The Hall–Kier alpha value is -2.50. The first-order valence-electron chi connectivity index (χ1n) is 9.55. The molecule has 6 nitrogen and oxygen atoms in total. The second-order valence-electron chi connectivity index (χ2n) is 7.57. The highest BCUT2D eigenvalue weighted by atomic mass is 16.5. The molecule has 0 aliphatic carbocycles. The Bertz CT molecular complexity index is 805. The lowest BCUT2D eigenvalue weighted by molar-refractivity contribution is 0.353. The van der Waals surface area contributed by atoms with Gasteiger partial charge in [0.05, 0.1) is 14.2 Å². The Morgan fingerprint density at radius 1 is 0.963 bits per heavy atom. The van der Waals surface area contributed by atoms with E-state index >= 15 is 0 Å². The lowest BCUT2D eigenvalue weighted by Crippen LogP contribution is -2.31. The Morgan fingerprint density at radius 3 is 2.22 bits per heavy atom. The number of aromatic nitrogens is 2. The highest BCUT2D eigenvalue weighted by Crippen LogP contribution is 2.34. The van der Waals surface area contributed by atoms with Crippen molar-refractivity contribution < 1.29 is 9.47 Å². The summed E-state index contributed by atoms with van der Waals surface area (Å²) in [7, 11) is 3.35. The van der Waals surface area contributed by atoms with E-state index in [2.05, 4.69) is 61.1 Å². The molecule has 146 valence electrons. The molecule has 1 N–H and O–H groups in total. The molecular formula is C21H30N4O2. The summed E-state index contributed by atoms with van der Waals surface area (Å²) in [6.45, 7) is 10.2. The minimum absolute atomic E-state index is 0.277. The van der Waals surface area contributed by atoms with Crippen molar-refractivity contribution in [3.05, 3.63) is 35.2 Å². The molecule has 1 aliphatic heterocycles. The van der Waals surface area contributed by atoms with E-state index in [0.29, 0.717) is 6.04 Å². The monoisotopic (exact) mass is 370 g/mol. The second kappa shape index (κ2) is 8.03. The zero-order chi connectivity index (χ0) is 19.6. The fourth-order valence-corrected chi connectivity index (χ4v) is 3.32. The summed E-state index contributed by atoms with van der Waals surface area (Å²) >= 11 is 0. The Balaban J connectivity index is 1.93. The van der Waals surface area contributed by atoms with Crippen LogP contribution in [0.5, 0.6) is 11.5 Å². The third-order valence-corrected chi connectivity index (χ3v) is 4.72. The van der Waals surface area contributed by atoms with Crippen molar-refractivity contribution in [1.29, 1.82) is 0 Å². The number of hydrogen-bond donors (Lipinski definition) is 1. The van der Waals surface area contributed by atoms with Crippen molar-refractivity contribution in [3.63, 3.8) is 0 Å². The average molecular weight is 370 g/mol. The van der Waals surface area contributed by atoms with E-state index in [1.54, 1.807) is 14.2 Å². The molecule has 0 saturated heterocycles. The van der Waals surface area contributed by atoms with Gasteiger partial charge in [0.2, 0.25) is 0 Å². The Morgan fingerprint density at radius 2 is 1.63 bits per heavy atom. The maximum atomic E-state index is 5.48. The molecule has 0 amide bonds. The normalized spacial score (nSPS) is 13.7. The standard InChI is InChI=1S/C21H30N4O2/c1-13(2)21-23-19(22-14(3)4)11-20(24-21)25-8-7-15-9-17(26-5)18(27-6)10-16(15)12-25/h9-11,13-14H,7-8,12H2,1-6H3,(H,22,23,24). The van der Waals surface area contributed by atoms with Crippen molar-refractivity contribution >= 4 is 11.6 Å². The van der Waals surface area contributed by atoms with E-state index in [1.165, 1.54) is 11.1 Å². The molecule has 0 atom stereocenters. The first-order valence-corrected chi connectivity index (χ1v) is 9.55. The van der Waals surface area contributed by atoms with Crippen molar-refractivity contribution in [2.24, 2.45) is 0 Å². The van der Waals surface area contributed by atoms with Crippen molar-refractivity contribution in [3.8, 4) is 11.5 Å². The third kappa shape index (κ3) is 4.26. The molecule has 2 heterocycles. The lowest BCUT2D eigenvalue weighted by Gasteiger charge is -2.31. The molecule has 1 aromatic carbocycles. The van der Waals surface area contributed by atoms with E-state index < -0.39 is 0 Å². The van der Waals surface area contributed by atoms with Crippen molar-refractivity contribution in [2.75, 3.05) is 31.0 Å². The summed E-state index contributed by atoms with van der Waals surface area (Å²) in [5.41, 5.74) is 2.56. The molecule has 3 rings (SSSR count). The SMILES string of the molecule is COc1cc2c(cc1OC)CN(c1cc(NC(C)C)nc(C(C)C)n1)CC2. The predicted molar refractivity (Wildman–Crippen MR) is 109 cm³/mol. The number of fused-ring (bicyclic) bond motifs is 1. The molecule has 0 unspecified atom stereocenters. The van der Waals surface area contributed by atoms with Crippen LogP contribution in [0, 0.1) is 0 Å². The van der Waals surface area contributed by atoms with Crippen LogP contribution in [0.4, 0.5) is 11.6 Å². The zero-order valence-electron chi connectivity index (χ0n) is 17.2. The first kappa shape index (κ1) is 19.3. The molecule has 0 bridgehead atoms. The summed E-state index contributed by atoms with van der Waals surface area (Å²) in [6, 6.07) is 6.55. The van der Waals surface area contributed by atoms with Gasteiger partial charge in [-0.1, -0.05) is 13.8 Å². The van der Waals surface area contributed by atoms with Gasteiger partial charge >= 0.3 is 0 Å². The number of hydrogen-bond acceptors (Lipinski definition) is 6. The van der Waals surface area contributed by atoms with Gasteiger partial charge in [-0.2, -0.15) is 0 Å². The summed E-state index contributed by atoms with van der Waals surface area (Å²) in [6.07, 6.45) is 0.948. The third-order valence-electron chi connectivity index (χ3n) is 4.72. The fourth-order valence-electron chi connectivity index (χ4n) is 3.32. The molecule has 1 aromatic heterocycles. The van der Waals surface area contributed by atoms with Crippen LogP contribution in [0.3, 0.4) is 0 Å². The molecule has 1 aliphatic rings. The topological polar surface area (TPSA) is 59.5 Å². The van der Waals surface area contributed by atoms with Crippen LogP contribution in [0.15, 0.2) is 18.2 Å². The number of nitrogens with zero attached hydrogens (tertiary/aromatic N) is 3. The molecule has 0 radical (unpaired) electrons. The van der Waals surface area contributed by atoms with E-state index in [9.17, 15) is 0 Å². The number of ether oxygens (including phenoxy) is 2. The van der Waals surface area contributed by atoms with Gasteiger partial charge in [-0.15, -0.1) is 0 Å². The second-order valence-corrected chi connectivity index (χ2v) is 7.57. The van der Waals surface area contributed by atoms with Crippen LogP contribution in [-0.4, -0.2) is 36.8 Å². The summed E-state index contributed by atoms with van der Waals surface area (Å²) in [5.74, 6) is 4.56. The van der Waals surface area contributed by atoms with Gasteiger partial charge in [0.1, 0.15) is 17.5 Å². The van der Waals surface area contributed by atoms with E-state index in [1.807, 2.05) is 0 Å². The van der Waals surface area contributed by atoms with E-state index in [4.69, 9.17) is 14.5 Å². The molecule has 0 fully saturated rings. The number of anilines is 2. The summed E-state index contributed by atoms with van der Waals surface area (Å²) < 4.78 is 10.9. The van der Waals surface area contributed by atoms with Gasteiger partial charge in [0.25, 0.3) is 0 Å². The van der Waals surface area contributed by atoms with Gasteiger partial charge in [0.15, 0.2) is 11.5 Å². The molecule has 27 heavy (non-hydrogen) atoms. The van der Waals surface area contributed by atoms with E-state index in [-0.39, 0.29) is 5.92 Å². The van der Waals surface area contributed by atoms with Crippen LogP contribution in [0.2, 0.25) is 0 Å². The average Bonchev–Trinajstić information content (AvgIpc) is 2.65. The van der Waals surface area contributed by atoms with Gasteiger partial charge in [0, 0.05) is 31.1 Å². The first-order chi connectivity index (χ1) is 12.9. The minimum Gasteiger partial charge on any atom is -0.493 e. The van der Waals surface area contributed by atoms with Gasteiger partial charge in [-0.25, -0.2) is 9.97 Å². The molecule has 0 spiro atoms. The lowest BCUT2D eigenvalue weighted by atomic mass is 9.98. The van der Waals surface area contributed by atoms with Crippen molar-refractivity contribution in [1.82, 2.24) is 9.97 Å². The summed E-state index contributed by atoms with van der Waals surface area (Å²) in [4.78, 5) is 11.8. The predicted octanol–water partition coefficient (Wildman–Crippen LogP) is 4.00. The van der Waals surface area contributed by atoms with Gasteiger partial charge in [-0.05, 0) is 43.5 Å². The van der Waals surface area contributed by atoms with Gasteiger partial charge < -0.3 is 19.7 Å². The maximum Gasteiger partial charge on any atom is 0.161 e. The number of benzene rings is 1. The number of rotatable bonds is 6. The van der Waals surface area contributed by atoms with Crippen LogP contribution in [0.25, 0.3) is 0 Å². The number of methoxy groups -OCH3 is 2. The van der Waals surface area contributed by atoms with Crippen LogP contribution >= 0.6 is 0 Å². The molecule has 0 saturated carbocycles. The summed E-state index contributed by atoms with van der Waals surface area (Å²) in [5, 5.41) is 3.42. The minimum atomic E-state index is 0.277. The van der Waals surface area contributed by atoms with Crippen LogP contribution in [0.1, 0.15) is 50.6 Å². The fraction of sp³-hybridized carbons (Fsp3) is 0.524.